The zero-order valence-corrected chi connectivity index (χ0v) is 17.2. The fourth-order valence-electron chi connectivity index (χ4n) is 4.66. The largest absolute Gasteiger partial charge is 0.383 e. The van der Waals surface area contributed by atoms with E-state index in [2.05, 4.69) is 21.1 Å². The Morgan fingerprint density at radius 2 is 1.86 bits per heavy atom. The van der Waals surface area contributed by atoms with Gasteiger partial charge in [-0.25, -0.2) is 10.4 Å². The smallest absolute Gasteiger partial charge is 0.275 e. The number of nitrogens with one attached hydrogen (secondary N) is 3. The van der Waals surface area contributed by atoms with E-state index < -0.39 is 0 Å². The molecule has 1 heterocycles. The molecule has 29 heavy (non-hydrogen) atoms. The first-order valence-electron chi connectivity index (χ1n) is 10.8. The molecule has 1 aromatic carbocycles. The number of carbonyl (C=O) groups is 1. The molecule has 5 N–H and O–H groups in total. The van der Waals surface area contributed by atoms with Crippen LogP contribution in [0.2, 0.25) is 0 Å². The summed E-state index contributed by atoms with van der Waals surface area (Å²) in [6.45, 7) is 0.853. The number of amidine groups is 1. The van der Waals surface area contributed by atoms with E-state index >= 15 is 0 Å². The van der Waals surface area contributed by atoms with Crippen LogP contribution in [0.3, 0.4) is 0 Å². The van der Waals surface area contributed by atoms with Crippen molar-refractivity contribution >= 4 is 17.4 Å². The third-order valence-corrected chi connectivity index (χ3v) is 6.28. The summed E-state index contributed by atoms with van der Waals surface area (Å²) in [6.07, 6.45) is 8.32. The van der Waals surface area contributed by atoms with Crippen molar-refractivity contribution < 1.29 is 4.79 Å². The van der Waals surface area contributed by atoms with Crippen LogP contribution in [-0.2, 0) is 4.79 Å². The molecule has 0 unspecified atom stereocenters. The van der Waals surface area contributed by atoms with Crippen LogP contribution in [0.5, 0.6) is 0 Å². The number of hydrogen-bond acceptors (Lipinski definition) is 5. The number of para-hydroxylation sites is 1. The summed E-state index contributed by atoms with van der Waals surface area (Å²) in [5.74, 6) is 1.43. The lowest BCUT2D eigenvalue weighted by Crippen LogP contribution is -2.57. The zero-order chi connectivity index (χ0) is 20.2. The van der Waals surface area contributed by atoms with E-state index in [1.165, 1.54) is 25.7 Å². The molecule has 0 bridgehead atoms. The second-order valence-electron chi connectivity index (χ2n) is 8.40. The minimum absolute atomic E-state index is 0.172. The van der Waals surface area contributed by atoms with Crippen LogP contribution in [0.4, 0.5) is 5.69 Å². The van der Waals surface area contributed by atoms with Crippen LogP contribution in [0.15, 0.2) is 46.7 Å². The predicted octanol–water partition coefficient (Wildman–Crippen LogP) is 2.15. The number of fused-ring (bicyclic) bond motifs is 1. The summed E-state index contributed by atoms with van der Waals surface area (Å²) < 4.78 is 0. The van der Waals surface area contributed by atoms with Crippen molar-refractivity contribution in [3.63, 3.8) is 0 Å². The lowest BCUT2D eigenvalue weighted by molar-refractivity contribution is -0.129. The number of aliphatic imine (C=N–C) groups is 1. The Bertz CT molecular complexity index is 784. The Hall–Kier alpha value is -2.54. The molecule has 0 radical (unpaired) electrons. The van der Waals surface area contributed by atoms with Gasteiger partial charge in [0.05, 0.1) is 5.69 Å². The maximum Gasteiger partial charge on any atom is 0.275 e. The van der Waals surface area contributed by atoms with E-state index in [0.29, 0.717) is 11.5 Å². The quantitative estimate of drug-likeness (QED) is 0.452. The van der Waals surface area contributed by atoms with E-state index in [4.69, 9.17) is 5.73 Å². The lowest BCUT2D eigenvalue weighted by atomic mass is 10.1. The maximum atomic E-state index is 13.3. The van der Waals surface area contributed by atoms with Gasteiger partial charge < -0.3 is 16.4 Å². The summed E-state index contributed by atoms with van der Waals surface area (Å²) in [4.78, 5) is 17.8. The van der Waals surface area contributed by atoms with Gasteiger partial charge in [-0.3, -0.25) is 9.80 Å². The molecule has 1 amide bonds. The van der Waals surface area contributed by atoms with Crippen molar-refractivity contribution in [2.24, 2.45) is 16.6 Å². The Morgan fingerprint density at radius 1 is 1.14 bits per heavy atom. The summed E-state index contributed by atoms with van der Waals surface area (Å²) in [5, 5.41) is 8.72. The fourth-order valence-corrected chi connectivity index (χ4v) is 4.66. The van der Waals surface area contributed by atoms with Crippen LogP contribution in [0.1, 0.15) is 44.9 Å². The molecule has 0 saturated heterocycles. The lowest BCUT2D eigenvalue weighted by Gasteiger charge is -2.34. The van der Waals surface area contributed by atoms with Crippen molar-refractivity contribution in [3.8, 4) is 0 Å². The summed E-state index contributed by atoms with van der Waals surface area (Å²) >= 11 is 0. The monoisotopic (exact) mass is 396 g/mol. The number of benzene rings is 1. The molecule has 156 valence electrons. The van der Waals surface area contributed by atoms with Gasteiger partial charge >= 0.3 is 0 Å². The number of likely N-dealkylation sites (N-methyl/N-ethyl adjacent to an activating group) is 1. The van der Waals surface area contributed by atoms with E-state index in [1.807, 2.05) is 30.3 Å². The van der Waals surface area contributed by atoms with Gasteiger partial charge in [0.25, 0.3) is 5.91 Å². The molecule has 2 aliphatic carbocycles. The first-order valence-corrected chi connectivity index (χ1v) is 10.8. The molecule has 3 aliphatic rings. The van der Waals surface area contributed by atoms with Gasteiger partial charge in [-0.05, 0) is 50.2 Å². The third kappa shape index (κ3) is 4.56. The van der Waals surface area contributed by atoms with Gasteiger partial charge in [0.15, 0.2) is 0 Å². The Labute approximate surface area is 172 Å². The number of hydrogen-bond donors (Lipinski definition) is 4. The molecule has 7 nitrogen and oxygen atoms in total. The number of carbonyl (C=O) groups excluding carboxylic acids is 1. The topological polar surface area (TPSA) is 94.8 Å². The average molecular weight is 397 g/mol. The molecular formula is C22H32N6O. The van der Waals surface area contributed by atoms with Crippen molar-refractivity contribution in [1.29, 1.82) is 0 Å². The van der Waals surface area contributed by atoms with Gasteiger partial charge in [-0.2, -0.15) is 0 Å². The highest BCUT2D eigenvalue weighted by molar-refractivity contribution is 6.21. The summed E-state index contributed by atoms with van der Waals surface area (Å²) in [5.41, 5.74) is 10.9. The highest BCUT2D eigenvalue weighted by Crippen LogP contribution is 2.26. The second-order valence-corrected chi connectivity index (χ2v) is 8.40. The van der Waals surface area contributed by atoms with Gasteiger partial charge in [0.1, 0.15) is 17.2 Å². The molecule has 2 atom stereocenters. The van der Waals surface area contributed by atoms with Gasteiger partial charge in [-0.15, -0.1) is 0 Å². The molecule has 0 spiro atoms. The minimum Gasteiger partial charge on any atom is -0.383 e. The average Bonchev–Trinajstić information content (AvgIpc) is 3.38. The zero-order valence-electron chi connectivity index (χ0n) is 17.2. The highest BCUT2D eigenvalue weighted by Gasteiger charge is 2.35. The van der Waals surface area contributed by atoms with Crippen molar-refractivity contribution in [1.82, 2.24) is 21.1 Å². The Kier molecular flexibility index (Phi) is 6.04. The van der Waals surface area contributed by atoms with Gasteiger partial charge in [0, 0.05) is 25.7 Å². The Morgan fingerprint density at radius 3 is 2.62 bits per heavy atom. The van der Waals surface area contributed by atoms with Gasteiger partial charge in [-0.1, -0.05) is 31.0 Å². The van der Waals surface area contributed by atoms with Crippen LogP contribution < -0.4 is 21.8 Å². The molecule has 0 aromatic heterocycles. The van der Waals surface area contributed by atoms with Crippen molar-refractivity contribution in [2.45, 2.75) is 57.0 Å². The molecule has 2 fully saturated rings. The van der Waals surface area contributed by atoms with Crippen molar-refractivity contribution in [3.05, 3.63) is 41.7 Å². The summed E-state index contributed by atoms with van der Waals surface area (Å²) in [6, 6.07) is 10.0. The second kappa shape index (κ2) is 8.86. The van der Waals surface area contributed by atoms with Crippen LogP contribution >= 0.6 is 0 Å². The standard InChI is InChI=1S/C22H32N6O/c1-28-22(29)19(20(23)25-16-10-3-2-4-11-16)21(24-14-15-8-5-6-9-15)26-17-12-7-13-18(17)27-28/h2-4,10-11,15,17-18,24,26-27H,5-9,12-14H2,1H3,(H2,23,25)/t17-,18+/m0/s1. The normalized spacial score (nSPS) is 26.2. The molecular weight excluding hydrogens is 364 g/mol. The van der Waals surface area contributed by atoms with Crippen LogP contribution in [-0.4, -0.2) is 42.4 Å². The van der Waals surface area contributed by atoms with Crippen molar-refractivity contribution in [2.75, 3.05) is 13.6 Å². The molecule has 1 aromatic rings. The molecule has 1 aliphatic heterocycles. The third-order valence-electron chi connectivity index (χ3n) is 6.28. The summed E-state index contributed by atoms with van der Waals surface area (Å²) in [7, 11) is 1.77. The number of rotatable bonds is 5. The molecule has 2 saturated carbocycles. The highest BCUT2D eigenvalue weighted by atomic mass is 16.2. The number of amides is 1. The van der Waals surface area contributed by atoms with E-state index in [1.54, 1.807) is 12.1 Å². The number of nitrogens with two attached hydrogens (primary N) is 1. The first kappa shape index (κ1) is 19.8. The SMILES string of the molecule is CN1N[C@@H]2CCC[C@@H]2NC(NCC2CCCC2)=C(C(N)=Nc2ccccc2)C1=O. The van der Waals surface area contributed by atoms with Crippen LogP contribution in [0.25, 0.3) is 0 Å². The van der Waals surface area contributed by atoms with E-state index in [0.717, 1.165) is 37.3 Å². The minimum atomic E-state index is -0.172. The number of nitrogens with zero attached hydrogens (tertiary/aromatic N) is 2. The fraction of sp³-hybridized carbons (Fsp3) is 0.545. The predicted molar refractivity (Wildman–Crippen MR) is 115 cm³/mol. The van der Waals surface area contributed by atoms with Gasteiger partial charge in [0.2, 0.25) is 0 Å². The molecule has 7 heteroatoms. The maximum absolute atomic E-state index is 13.3. The Balaban J connectivity index is 1.69. The number of hydrazine groups is 1. The molecule has 4 rings (SSSR count). The van der Waals surface area contributed by atoms with Crippen LogP contribution in [0, 0.1) is 5.92 Å². The van der Waals surface area contributed by atoms with E-state index in [9.17, 15) is 4.79 Å². The first-order chi connectivity index (χ1) is 14.1. The van der Waals surface area contributed by atoms with E-state index in [-0.39, 0.29) is 23.8 Å².